The Balaban J connectivity index is 1.07. The first-order valence-electron chi connectivity index (χ1n) is 24.0. The van der Waals surface area contributed by atoms with Crippen LogP contribution in [0.25, 0.3) is 90.9 Å². The predicted octanol–water partition coefficient (Wildman–Crippen LogP) is 13.5. The second kappa shape index (κ2) is 20.0. The Labute approximate surface area is 435 Å². The second-order valence-corrected chi connectivity index (χ2v) is 18.1. The number of anilines is 1. The van der Waals surface area contributed by atoms with Crippen LogP contribution in [0, 0.1) is 33.8 Å². The fourth-order valence-corrected chi connectivity index (χ4v) is 9.48. The average molecular weight is 991 g/mol. The quantitative estimate of drug-likeness (QED) is 0.0655. The first-order chi connectivity index (χ1) is 36.9. The molecule has 0 radical (unpaired) electrons. The Kier molecular flexibility index (Phi) is 12.5. The number of H-pyrrole nitrogens is 2. The molecule has 9 aromatic rings. The number of nitro benzene ring substituents is 1. The molecule has 364 valence electrons. The van der Waals surface area contributed by atoms with Crippen molar-refractivity contribution in [3.63, 3.8) is 0 Å². The largest absolute Gasteiger partial charge is 0.478 e. The molecule has 0 aliphatic carbocycles. The summed E-state index contributed by atoms with van der Waals surface area (Å²) < 4.78 is 0. The lowest BCUT2D eigenvalue weighted by Gasteiger charge is -2.15. The van der Waals surface area contributed by atoms with Crippen LogP contribution in [-0.4, -0.2) is 61.1 Å². The summed E-state index contributed by atoms with van der Waals surface area (Å²) in [5, 5.41) is 31.6. The lowest BCUT2D eigenvalue weighted by molar-refractivity contribution is -0.385. The summed E-state index contributed by atoms with van der Waals surface area (Å²) in [4.78, 5) is 55.5. The van der Waals surface area contributed by atoms with Crippen molar-refractivity contribution in [2.24, 2.45) is 0 Å². The van der Waals surface area contributed by atoms with E-state index in [0.717, 1.165) is 95.4 Å². The van der Waals surface area contributed by atoms with Crippen molar-refractivity contribution in [1.29, 1.82) is 0 Å². The number of hydrogen-bond acceptors (Lipinski definition) is 7. The van der Waals surface area contributed by atoms with Crippen LogP contribution in [0.2, 0.25) is 0 Å². The van der Waals surface area contributed by atoms with Crippen molar-refractivity contribution >= 4 is 69.7 Å². The van der Waals surface area contributed by atoms with E-state index in [1.54, 1.807) is 25.1 Å². The molecule has 0 atom stereocenters. The third-order valence-electron chi connectivity index (χ3n) is 13.0. The monoisotopic (exact) mass is 990 g/mol. The number of carbonyl (C=O) groups is 2. The molecule has 12 nitrogen and oxygen atoms in total. The van der Waals surface area contributed by atoms with Crippen LogP contribution in [-0.2, 0) is 0 Å². The number of hydrogen-bond donors (Lipinski definition) is 4. The Morgan fingerprint density at radius 2 is 0.855 bits per heavy atom. The number of nitrogens with one attached hydrogen (secondary N) is 2. The number of aromatic carboxylic acids is 2. The summed E-state index contributed by atoms with van der Waals surface area (Å²) >= 11 is 0. The molecule has 0 saturated carbocycles. The predicted molar refractivity (Wildman–Crippen MR) is 300 cm³/mol. The third-order valence-corrected chi connectivity index (χ3v) is 13.0. The van der Waals surface area contributed by atoms with Gasteiger partial charge in [0, 0.05) is 75.6 Å². The minimum absolute atomic E-state index is 0.0374. The summed E-state index contributed by atoms with van der Waals surface area (Å²) in [6.07, 6.45) is 8.26. The molecule has 0 saturated heterocycles. The molecular weight excluding hydrogens is 949 g/mol. The van der Waals surface area contributed by atoms with Gasteiger partial charge in [0.15, 0.2) is 0 Å². The van der Waals surface area contributed by atoms with E-state index in [9.17, 15) is 29.9 Å². The molecule has 5 heterocycles. The lowest BCUT2D eigenvalue weighted by Crippen LogP contribution is -2.11. The minimum Gasteiger partial charge on any atom is -0.478 e. The van der Waals surface area contributed by atoms with Gasteiger partial charge in [0.2, 0.25) is 0 Å². The number of benzene rings is 6. The summed E-state index contributed by atoms with van der Waals surface area (Å²) in [6.45, 7) is 0. The highest BCUT2D eigenvalue weighted by molar-refractivity contribution is 6.00. The van der Waals surface area contributed by atoms with Gasteiger partial charge in [-0.3, -0.25) is 10.1 Å². The van der Waals surface area contributed by atoms with Gasteiger partial charge in [-0.2, -0.15) is 0 Å². The zero-order chi connectivity index (χ0) is 52.5. The molecule has 6 aromatic carbocycles. The van der Waals surface area contributed by atoms with Gasteiger partial charge in [-0.1, -0.05) is 127 Å². The molecule has 2 aliphatic heterocycles. The SMILES string of the molecule is CN(C)c1cc(C#Cc2cc(C(=O)O)cc(C(=O)O)c2)c([N+](=O)[O-])cc1C#Cc1ccc(-c2c3nc(c(-c4ccccc4)c4ccc([nH]4)c(-c4ccccc4)c4nc(c(-c5ccccc5)c5ccc2[nH]5)C=C4)C=C3)cc1. The second-order valence-electron chi connectivity index (χ2n) is 18.1. The Morgan fingerprint density at radius 1 is 0.474 bits per heavy atom. The molecular formula is C64H42N6O6. The van der Waals surface area contributed by atoms with Gasteiger partial charge < -0.3 is 25.1 Å². The van der Waals surface area contributed by atoms with E-state index in [-0.39, 0.29) is 27.9 Å². The number of carboxylic acids is 2. The number of rotatable bonds is 8. The molecule has 0 fully saturated rings. The number of fused-ring (bicyclic) bond motifs is 8. The van der Waals surface area contributed by atoms with E-state index in [1.807, 2.05) is 84.9 Å². The van der Waals surface area contributed by atoms with Gasteiger partial charge in [-0.25, -0.2) is 19.6 Å². The molecule has 0 spiro atoms. The van der Waals surface area contributed by atoms with Gasteiger partial charge >= 0.3 is 11.9 Å². The van der Waals surface area contributed by atoms with E-state index in [1.165, 1.54) is 18.2 Å². The Morgan fingerprint density at radius 3 is 1.24 bits per heavy atom. The number of carboxylic acid groups (broad SMARTS) is 2. The number of nitrogens with zero attached hydrogens (tertiary/aromatic N) is 4. The van der Waals surface area contributed by atoms with Crippen molar-refractivity contribution in [3.05, 3.63) is 236 Å². The molecule has 4 N–H and O–H groups in total. The summed E-state index contributed by atoms with van der Waals surface area (Å²) in [5.41, 5.74) is 15.0. The van der Waals surface area contributed by atoms with Crippen molar-refractivity contribution in [1.82, 2.24) is 19.9 Å². The first-order valence-corrected chi connectivity index (χ1v) is 24.0. The fraction of sp³-hybridized carbons (Fsp3) is 0.0312. The van der Waals surface area contributed by atoms with Crippen molar-refractivity contribution in [2.75, 3.05) is 19.0 Å². The molecule has 11 rings (SSSR count). The topological polar surface area (TPSA) is 178 Å². The zero-order valence-electron chi connectivity index (χ0n) is 40.8. The molecule has 2 aliphatic rings. The third kappa shape index (κ3) is 9.40. The zero-order valence-corrected chi connectivity index (χ0v) is 40.8. The van der Waals surface area contributed by atoms with Gasteiger partial charge in [0.25, 0.3) is 5.69 Å². The highest BCUT2D eigenvalue weighted by Gasteiger charge is 2.21. The van der Waals surface area contributed by atoms with E-state index in [4.69, 9.17) is 9.97 Å². The Bertz CT molecular complexity index is 4160. The maximum Gasteiger partial charge on any atom is 0.335 e. The van der Waals surface area contributed by atoms with E-state index in [2.05, 4.69) is 113 Å². The fourth-order valence-electron chi connectivity index (χ4n) is 9.48. The molecule has 0 unspecified atom stereocenters. The summed E-state index contributed by atoms with van der Waals surface area (Å²) in [7, 11) is 3.55. The number of aromatic nitrogens is 4. The van der Waals surface area contributed by atoms with Crippen LogP contribution in [0.5, 0.6) is 0 Å². The highest BCUT2D eigenvalue weighted by atomic mass is 16.6. The van der Waals surface area contributed by atoms with Gasteiger partial charge in [-0.15, -0.1) is 0 Å². The molecule has 76 heavy (non-hydrogen) atoms. The van der Waals surface area contributed by atoms with Gasteiger partial charge in [0.05, 0.1) is 50.1 Å². The minimum atomic E-state index is -1.33. The average Bonchev–Trinajstić information content (AvgIpc) is 4.31. The van der Waals surface area contributed by atoms with Crippen LogP contribution in [0.15, 0.2) is 170 Å². The van der Waals surface area contributed by atoms with Crippen molar-refractivity contribution < 1.29 is 24.7 Å². The van der Waals surface area contributed by atoms with Gasteiger partial charge in [0.1, 0.15) is 5.56 Å². The maximum atomic E-state index is 12.5. The Hall–Kier alpha value is -10.8. The molecule has 12 heteroatoms. The van der Waals surface area contributed by atoms with Crippen LogP contribution >= 0.6 is 0 Å². The molecule has 3 aromatic heterocycles. The standard InChI is InChI=1S/C64H42N6O6/c1-69(2)57-37-46(25-21-40-34-47(63(71)72)36-48(35-40)64(73)74)58(70(75)76)38-45(57)24-20-39-18-22-44(23-19-39)62-55-32-30-53(67-55)60(42-14-8-4-9-15-42)51-28-26-49(65-51)59(41-12-6-3-7-13-41)50-27-29-52(66-50)61(43-16-10-5-11-17-43)54-31-33-56(62)68-54/h3-19,22-23,26-38,65,68H,1-2H3,(H,71,72)(H,73,74). The maximum absolute atomic E-state index is 12.5. The summed E-state index contributed by atoms with van der Waals surface area (Å²) in [5.74, 6) is 9.19. The van der Waals surface area contributed by atoms with E-state index in [0.29, 0.717) is 16.8 Å². The normalized spacial score (nSPS) is 11.3. The van der Waals surface area contributed by atoms with Crippen LogP contribution < -0.4 is 4.90 Å². The van der Waals surface area contributed by atoms with Crippen LogP contribution in [0.4, 0.5) is 11.4 Å². The van der Waals surface area contributed by atoms with Crippen LogP contribution in [0.3, 0.4) is 0 Å². The lowest BCUT2D eigenvalue weighted by atomic mass is 10.0. The van der Waals surface area contributed by atoms with Crippen molar-refractivity contribution in [2.45, 2.75) is 0 Å². The van der Waals surface area contributed by atoms with E-state index >= 15 is 0 Å². The smallest absolute Gasteiger partial charge is 0.335 e. The summed E-state index contributed by atoms with van der Waals surface area (Å²) in [6, 6.07) is 53.3. The first kappa shape index (κ1) is 47.5. The van der Waals surface area contributed by atoms with E-state index < -0.39 is 16.9 Å². The molecule has 0 amide bonds. The van der Waals surface area contributed by atoms with Crippen molar-refractivity contribution in [3.8, 4) is 68.2 Å². The number of nitro groups is 1. The molecule has 8 bridgehead atoms. The highest BCUT2D eigenvalue weighted by Crippen LogP contribution is 2.39. The number of aromatic amines is 2. The van der Waals surface area contributed by atoms with Gasteiger partial charge in [-0.05, 0) is 107 Å². The van der Waals surface area contributed by atoms with Crippen LogP contribution in [0.1, 0.15) is 65.7 Å².